The van der Waals surface area contributed by atoms with Crippen LogP contribution in [0.15, 0.2) is 34.9 Å². The van der Waals surface area contributed by atoms with Gasteiger partial charge in [-0.25, -0.2) is 4.98 Å². The van der Waals surface area contributed by atoms with E-state index in [1.165, 1.54) is 0 Å². The number of imidazole rings is 1. The van der Waals surface area contributed by atoms with E-state index in [-0.39, 0.29) is 5.54 Å². The van der Waals surface area contributed by atoms with Gasteiger partial charge in [0.1, 0.15) is 17.8 Å². The lowest BCUT2D eigenvalue weighted by molar-refractivity contribution is 0.413. The van der Waals surface area contributed by atoms with Crippen LogP contribution in [0.3, 0.4) is 0 Å². The zero-order chi connectivity index (χ0) is 15.2. The van der Waals surface area contributed by atoms with Gasteiger partial charge in [0, 0.05) is 5.54 Å². The third kappa shape index (κ3) is 2.21. The number of furan rings is 1. The zero-order valence-electron chi connectivity index (χ0n) is 12.6. The molecule has 3 rings (SSSR count). The second-order valence-corrected chi connectivity index (χ2v) is 6.20. The summed E-state index contributed by atoms with van der Waals surface area (Å²) in [4.78, 5) is 4.72. The maximum atomic E-state index is 9.05. The number of rotatable bonds is 1. The molecule has 4 heteroatoms. The fraction of sp³-hybridized carbons (Fsp3) is 0.294. The summed E-state index contributed by atoms with van der Waals surface area (Å²) in [5.74, 6) is 1.72. The Morgan fingerprint density at radius 3 is 2.57 bits per heavy atom. The molecule has 0 atom stereocenters. The highest BCUT2D eigenvalue weighted by Crippen LogP contribution is 2.32. The Labute approximate surface area is 123 Å². The van der Waals surface area contributed by atoms with Crippen molar-refractivity contribution < 1.29 is 4.42 Å². The maximum absolute atomic E-state index is 9.05. The molecule has 0 unspecified atom stereocenters. The monoisotopic (exact) mass is 279 g/mol. The van der Waals surface area contributed by atoms with E-state index < -0.39 is 0 Å². The highest BCUT2D eigenvalue weighted by Gasteiger charge is 2.23. The summed E-state index contributed by atoms with van der Waals surface area (Å²) in [6, 6.07) is 9.76. The first-order valence-electron chi connectivity index (χ1n) is 6.89. The van der Waals surface area contributed by atoms with E-state index in [1.807, 2.05) is 31.2 Å². The van der Waals surface area contributed by atoms with Gasteiger partial charge in [0.2, 0.25) is 0 Å². The van der Waals surface area contributed by atoms with Crippen LogP contribution in [0.25, 0.3) is 22.4 Å². The molecular formula is C17H17N3O. The van der Waals surface area contributed by atoms with Gasteiger partial charge < -0.3 is 8.98 Å². The number of aryl methyl sites for hydroxylation is 1. The Balaban J connectivity index is 2.35. The molecule has 0 saturated carbocycles. The quantitative estimate of drug-likeness (QED) is 0.669. The van der Waals surface area contributed by atoms with Crippen molar-refractivity contribution in [2.24, 2.45) is 0 Å². The molecule has 106 valence electrons. The average molecular weight is 279 g/mol. The first-order chi connectivity index (χ1) is 9.90. The predicted octanol–water partition coefficient (Wildman–Crippen LogP) is 4.23. The van der Waals surface area contributed by atoms with Crippen molar-refractivity contribution in [1.29, 1.82) is 5.26 Å². The molecule has 0 bridgehead atoms. The van der Waals surface area contributed by atoms with Gasteiger partial charge in [-0.2, -0.15) is 5.26 Å². The van der Waals surface area contributed by atoms with Crippen LogP contribution in [-0.2, 0) is 5.54 Å². The number of nitrogens with zero attached hydrogens (tertiary/aromatic N) is 3. The first-order valence-corrected chi connectivity index (χ1v) is 6.89. The van der Waals surface area contributed by atoms with Crippen molar-refractivity contribution in [3.05, 3.63) is 41.9 Å². The maximum Gasteiger partial charge on any atom is 0.144 e. The van der Waals surface area contributed by atoms with Crippen molar-refractivity contribution in [1.82, 2.24) is 9.55 Å². The summed E-state index contributed by atoms with van der Waals surface area (Å²) in [5.41, 5.74) is 3.31. The molecule has 2 aromatic heterocycles. The van der Waals surface area contributed by atoms with Gasteiger partial charge in [0.05, 0.1) is 28.2 Å². The summed E-state index contributed by atoms with van der Waals surface area (Å²) in [6.45, 7) is 8.34. The molecule has 0 aliphatic heterocycles. The van der Waals surface area contributed by atoms with Gasteiger partial charge in [0.15, 0.2) is 0 Å². The van der Waals surface area contributed by atoms with Gasteiger partial charge in [-0.05, 0) is 52.0 Å². The van der Waals surface area contributed by atoms with Crippen molar-refractivity contribution in [3.8, 4) is 17.5 Å². The molecule has 0 aliphatic carbocycles. The first kappa shape index (κ1) is 13.4. The molecule has 3 aromatic rings. The van der Waals surface area contributed by atoms with Gasteiger partial charge >= 0.3 is 0 Å². The van der Waals surface area contributed by atoms with Gasteiger partial charge in [-0.15, -0.1) is 0 Å². The summed E-state index contributed by atoms with van der Waals surface area (Å²) in [5, 5.41) is 9.05. The Bertz CT molecular complexity index is 856. The standard InChI is InChI=1S/C17H17N3O/c1-11-7-13(10-21-11)16-19-14-8-12(9-18)5-6-15(14)20(16)17(2,3)4/h5-8,10H,1-4H3. The van der Waals surface area contributed by atoms with E-state index in [0.717, 1.165) is 28.2 Å². The molecule has 0 N–H and O–H groups in total. The third-order valence-corrected chi connectivity index (χ3v) is 3.44. The normalized spacial score (nSPS) is 11.8. The Hall–Kier alpha value is -2.54. The van der Waals surface area contributed by atoms with E-state index in [9.17, 15) is 0 Å². The Morgan fingerprint density at radius 2 is 2.00 bits per heavy atom. The summed E-state index contributed by atoms with van der Waals surface area (Å²) in [6.07, 6.45) is 1.73. The van der Waals surface area contributed by atoms with Crippen LogP contribution in [0.4, 0.5) is 0 Å². The highest BCUT2D eigenvalue weighted by molar-refractivity contribution is 5.82. The fourth-order valence-corrected chi connectivity index (χ4v) is 2.58. The SMILES string of the molecule is Cc1cc(-c2nc3cc(C#N)ccc3n2C(C)(C)C)co1. The zero-order valence-corrected chi connectivity index (χ0v) is 12.6. The lowest BCUT2D eigenvalue weighted by Crippen LogP contribution is -2.22. The van der Waals surface area contributed by atoms with E-state index in [4.69, 9.17) is 14.7 Å². The van der Waals surface area contributed by atoms with Crippen LogP contribution < -0.4 is 0 Å². The molecule has 2 heterocycles. The Kier molecular flexibility index (Phi) is 2.87. The number of hydrogen-bond donors (Lipinski definition) is 0. The van der Waals surface area contributed by atoms with Gasteiger partial charge in [-0.3, -0.25) is 0 Å². The largest absolute Gasteiger partial charge is 0.469 e. The lowest BCUT2D eigenvalue weighted by Gasteiger charge is -2.24. The fourth-order valence-electron chi connectivity index (χ4n) is 2.58. The van der Waals surface area contributed by atoms with E-state index in [2.05, 4.69) is 31.4 Å². The number of aromatic nitrogens is 2. The number of benzene rings is 1. The molecule has 0 fully saturated rings. The Morgan fingerprint density at radius 1 is 1.24 bits per heavy atom. The second kappa shape index (κ2) is 4.49. The predicted molar refractivity (Wildman–Crippen MR) is 81.9 cm³/mol. The number of hydrogen-bond acceptors (Lipinski definition) is 3. The van der Waals surface area contributed by atoms with Gasteiger partial charge in [-0.1, -0.05) is 0 Å². The molecule has 21 heavy (non-hydrogen) atoms. The van der Waals surface area contributed by atoms with Crippen molar-refractivity contribution in [2.45, 2.75) is 33.2 Å². The molecule has 0 saturated heterocycles. The van der Waals surface area contributed by atoms with Crippen LogP contribution in [-0.4, -0.2) is 9.55 Å². The number of nitriles is 1. The van der Waals surface area contributed by atoms with Crippen LogP contribution in [0.2, 0.25) is 0 Å². The smallest absolute Gasteiger partial charge is 0.144 e. The molecule has 1 aromatic carbocycles. The van der Waals surface area contributed by atoms with Crippen LogP contribution in [0, 0.1) is 18.3 Å². The minimum absolute atomic E-state index is 0.122. The molecule has 0 radical (unpaired) electrons. The summed E-state index contributed by atoms with van der Waals surface area (Å²) < 4.78 is 7.61. The summed E-state index contributed by atoms with van der Waals surface area (Å²) in [7, 11) is 0. The third-order valence-electron chi connectivity index (χ3n) is 3.44. The van der Waals surface area contributed by atoms with Crippen LogP contribution in [0.1, 0.15) is 32.1 Å². The lowest BCUT2D eigenvalue weighted by atomic mass is 10.1. The minimum atomic E-state index is -0.122. The van der Waals surface area contributed by atoms with E-state index >= 15 is 0 Å². The number of fused-ring (bicyclic) bond motifs is 1. The minimum Gasteiger partial charge on any atom is -0.469 e. The molecule has 0 spiro atoms. The second-order valence-electron chi connectivity index (χ2n) is 6.20. The van der Waals surface area contributed by atoms with Crippen molar-refractivity contribution >= 4 is 11.0 Å². The molecule has 0 amide bonds. The van der Waals surface area contributed by atoms with E-state index in [0.29, 0.717) is 5.56 Å². The van der Waals surface area contributed by atoms with Crippen LogP contribution in [0.5, 0.6) is 0 Å². The van der Waals surface area contributed by atoms with Crippen molar-refractivity contribution in [3.63, 3.8) is 0 Å². The summed E-state index contributed by atoms with van der Waals surface area (Å²) >= 11 is 0. The molecule has 4 nitrogen and oxygen atoms in total. The van der Waals surface area contributed by atoms with Crippen LogP contribution >= 0.6 is 0 Å². The van der Waals surface area contributed by atoms with Crippen molar-refractivity contribution in [2.75, 3.05) is 0 Å². The molecular weight excluding hydrogens is 262 g/mol. The van der Waals surface area contributed by atoms with E-state index in [1.54, 1.807) is 6.26 Å². The van der Waals surface area contributed by atoms with Gasteiger partial charge in [0.25, 0.3) is 0 Å². The average Bonchev–Trinajstić information content (AvgIpc) is 3.00. The molecule has 0 aliphatic rings. The topological polar surface area (TPSA) is 54.8 Å². The highest BCUT2D eigenvalue weighted by atomic mass is 16.3.